The van der Waals surface area contributed by atoms with Crippen LogP contribution in [0.4, 0.5) is 9.59 Å². The highest BCUT2D eigenvalue weighted by molar-refractivity contribution is 6.29. The van der Waals surface area contributed by atoms with E-state index in [0.29, 0.717) is 32.2 Å². The van der Waals surface area contributed by atoms with Crippen LogP contribution in [0, 0.1) is 5.41 Å². The average Bonchev–Trinajstić information content (AvgIpc) is 2.84. The zero-order valence-corrected chi connectivity index (χ0v) is 19.2. The number of carbonyl (C=O) groups is 5. The maximum atomic E-state index is 13.1. The molecule has 2 heterocycles. The molecule has 0 unspecified atom stereocenters. The van der Waals surface area contributed by atoms with E-state index in [1.807, 2.05) is 6.92 Å². The first-order valence-electron chi connectivity index (χ1n) is 10.8. The van der Waals surface area contributed by atoms with Crippen molar-refractivity contribution in [3.05, 3.63) is 11.4 Å². The molecule has 3 rings (SSSR count). The summed E-state index contributed by atoms with van der Waals surface area (Å²) in [5.41, 5.74) is 9.62. The van der Waals surface area contributed by atoms with Crippen LogP contribution in [0.25, 0.3) is 0 Å². The van der Waals surface area contributed by atoms with Crippen molar-refractivity contribution >= 4 is 29.8 Å². The Bertz CT molecular complexity index is 912. The maximum Gasteiger partial charge on any atom is 0.334 e. The van der Waals surface area contributed by atoms with Gasteiger partial charge in [-0.05, 0) is 58.8 Å². The van der Waals surface area contributed by atoms with Gasteiger partial charge in [0.25, 0.3) is 17.7 Å². The molecule has 1 aliphatic carbocycles. The minimum Gasteiger partial charge on any atom is -0.385 e. The number of hydrogen-bond acceptors (Lipinski definition) is 7. The topological polar surface area (TPSA) is 159 Å². The number of carbonyl (C=O) groups excluding carboxylic acids is 5. The molecule has 0 bridgehead atoms. The number of hydrogen-bond donors (Lipinski definition) is 3. The predicted octanol–water partition coefficient (Wildman–Crippen LogP) is 0.594. The molecule has 0 aromatic rings. The molecule has 0 radical (unpaired) electrons. The number of amides is 7. The van der Waals surface area contributed by atoms with Crippen molar-refractivity contribution < 1.29 is 24.0 Å². The maximum absolute atomic E-state index is 13.1. The van der Waals surface area contributed by atoms with Gasteiger partial charge in [0.15, 0.2) is 0 Å². The van der Waals surface area contributed by atoms with E-state index in [1.165, 1.54) is 0 Å². The Morgan fingerprint density at radius 3 is 2.03 bits per heavy atom. The molecule has 0 aromatic heterocycles. The highest BCUT2D eigenvalue weighted by Crippen LogP contribution is 2.41. The zero-order chi connectivity index (χ0) is 24.2. The van der Waals surface area contributed by atoms with Gasteiger partial charge in [-0.2, -0.15) is 0 Å². The Morgan fingerprint density at radius 1 is 1.03 bits per heavy atom. The first-order valence-corrected chi connectivity index (χ1v) is 10.8. The quantitative estimate of drug-likeness (QED) is 0.322. The molecular weight excluding hydrogens is 416 g/mol. The molecular formula is C21H32N6O5. The number of nitrogens with zero attached hydrogens (tertiary/aromatic N) is 3. The third kappa shape index (κ3) is 3.69. The molecule has 5 N–H and O–H groups in total. The first kappa shape index (κ1) is 23.6. The summed E-state index contributed by atoms with van der Waals surface area (Å²) in [6.45, 7) is 9.17. The second-order valence-corrected chi connectivity index (χ2v) is 10.0. The van der Waals surface area contributed by atoms with E-state index in [-0.39, 0.29) is 16.9 Å². The van der Waals surface area contributed by atoms with Crippen LogP contribution in [-0.2, 0) is 14.4 Å². The third-order valence-electron chi connectivity index (χ3n) is 6.85. The van der Waals surface area contributed by atoms with Crippen molar-refractivity contribution in [2.24, 2.45) is 16.9 Å². The number of nitrogens with two attached hydrogens (primary N) is 2. The molecule has 11 nitrogen and oxygen atoms in total. The molecule has 2 aliphatic heterocycles. The zero-order valence-electron chi connectivity index (χ0n) is 19.2. The molecule has 3 aliphatic rings. The van der Waals surface area contributed by atoms with Gasteiger partial charge in [0.2, 0.25) is 0 Å². The molecule has 1 saturated carbocycles. The fraction of sp³-hybridized carbons (Fsp3) is 0.667. The number of nitrogens with one attached hydrogen (secondary N) is 1. The average molecular weight is 449 g/mol. The van der Waals surface area contributed by atoms with Crippen molar-refractivity contribution in [3.8, 4) is 0 Å². The van der Waals surface area contributed by atoms with Gasteiger partial charge in [-0.1, -0.05) is 6.92 Å². The van der Waals surface area contributed by atoms with Crippen LogP contribution in [0.15, 0.2) is 11.4 Å². The van der Waals surface area contributed by atoms with E-state index in [4.69, 9.17) is 11.5 Å². The monoisotopic (exact) mass is 448 g/mol. The standard InChI is InChI=1S/C21H32N6O5/c1-11(2)26-15(28)13(14(22)23)16(29)27(19(26)32)12-6-8-21(5,9-7-12)10-25-18(31)24-17(30)20(25,3)4/h11-12H,6-10,22-23H2,1-5H3,(H,24,30,31). The Hall–Kier alpha value is -3.11. The second kappa shape index (κ2) is 7.79. The second-order valence-electron chi connectivity index (χ2n) is 10.0. The van der Waals surface area contributed by atoms with E-state index in [9.17, 15) is 24.0 Å². The smallest absolute Gasteiger partial charge is 0.334 e. The van der Waals surface area contributed by atoms with Gasteiger partial charge < -0.3 is 16.4 Å². The number of barbiturate groups is 1. The Kier molecular flexibility index (Phi) is 5.73. The highest BCUT2D eigenvalue weighted by atomic mass is 16.2. The van der Waals surface area contributed by atoms with E-state index in [1.54, 1.807) is 32.6 Å². The molecule has 2 saturated heterocycles. The molecule has 11 heteroatoms. The van der Waals surface area contributed by atoms with E-state index < -0.39 is 47.3 Å². The minimum atomic E-state index is -0.938. The highest BCUT2D eigenvalue weighted by Gasteiger charge is 2.51. The largest absolute Gasteiger partial charge is 0.385 e. The molecule has 3 fully saturated rings. The van der Waals surface area contributed by atoms with Crippen LogP contribution in [0.2, 0.25) is 0 Å². The van der Waals surface area contributed by atoms with Crippen LogP contribution in [0.5, 0.6) is 0 Å². The summed E-state index contributed by atoms with van der Waals surface area (Å²) in [7, 11) is 0. The first-order chi connectivity index (χ1) is 14.7. The van der Waals surface area contributed by atoms with Gasteiger partial charge in [-0.25, -0.2) is 9.59 Å². The lowest BCUT2D eigenvalue weighted by molar-refractivity contribution is -0.139. The van der Waals surface area contributed by atoms with Gasteiger partial charge in [-0.3, -0.25) is 29.5 Å². The van der Waals surface area contributed by atoms with Crippen LogP contribution in [-0.4, -0.2) is 68.7 Å². The summed E-state index contributed by atoms with van der Waals surface area (Å²) in [6.07, 6.45) is 2.23. The molecule has 32 heavy (non-hydrogen) atoms. The van der Waals surface area contributed by atoms with Crippen molar-refractivity contribution in [1.82, 2.24) is 20.0 Å². The van der Waals surface area contributed by atoms with Crippen molar-refractivity contribution in [2.45, 2.75) is 77.9 Å². The lowest BCUT2D eigenvalue weighted by atomic mass is 9.72. The number of urea groups is 2. The van der Waals surface area contributed by atoms with Gasteiger partial charge in [0.05, 0.1) is 0 Å². The van der Waals surface area contributed by atoms with E-state index >= 15 is 0 Å². The van der Waals surface area contributed by atoms with Gasteiger partial charge in [0.1, 0.15) is 16.9 Å². The lowest BCUT2D eigenvalue weighted by Crippen LogP contribution is -2.62. The van der Waals surface area contributed by atoms with E-state index in [2.05, 4.69) is 5.32 Å². The van der Waals surface area contributed by atoms with Crippen LogP contribution < -0.4 is 16.8 Å². The van der Waals surface area contributed by atoms with Crippen molar-refractivity contribution in [2.75, 3.05) is 6.54 Å². The Balaban J connectivity index is 1.79. The summed E-state index contributed by atoms with van der Waals surface area (Å²) in [6, 6.07) is -1.97. The van der Waals surface area contributed by atoms with Gasteiger partial charge in [-0.15, -0.1) is 0 Å². The van der Waals surface area contributed by atoms with Crippen molar-refractivity contribution in [1.29, 1.82) is 0 Å². The minimum absolute atomic E-state index is 0.295. The van der Waals surface area contributed by atoms with Gasteiger partial charge >= 0.3 is 12.1 Å². The summed E-state index contributed by atoms with van der Waals surface area (Å²) < 4.78 is 0. The van der Waals surface area contributed by atoms with Gasteiger partial charge in [0, 0.05) is 18.6 Å². The number of imide groups is 3. The summed E-state index contributed by atoms with van der Waals surface area (Å²) in [5.74, 6) is -2.29. The molecule has 7 amide bonds. The summed E-state index contributed by atoms with van der Waals surface area (Å²) in [5, 5.41) is 2.36. The fourth-order valence-corrected chi connectivity index (χ4v) is 4.71. The number of rotatable bonds is 4. The summed E-state index contributed by atoms with van der Waals surface area (Å²) >= 11 is 0. The van der Waals surface area contributed by atoms with Crippen molar-refractivity contribution in [3.63, 3.8) is 0 Å². The van der Waals surface area contributed by atoms with Crippen LogP contribution in [0.3, 0.4) is 0 Å². The summed E-state index contributed by atoms with van der Waals surface area (Å²) in [4.78, 5) is 66.7. The normalized spacial score (nSPS) is 28.7. The van der Waals surface area contributed by atoms with Crippen LogP contribution >= 0.6 is 0 Å². The van der Waals surface area contributed by atoms with Crippen LogP contribution in [0.1, 0.15) is 60.3 Å². The molecule has 176 valence electrons. The molecule has 0 spiro atoms. The fourth-order valence-electron chi connectivity index (χ4n) is 4.71. The molecule has 0 atom stereocenters. The lowest BCUT2D eigenvalue weighted by Gasteiger charge is -2.46. The predicted molar refractivity (Wildman–Crippen MR) is 114 cm³/mol. The SMILES string of the molecule is CC(C)N1C(=O)C(=C(N)N)C(=O)N(C2CCC(C)(CN3C(=O)NC(=O)C3(C)C)CC2)C1=O. The Morgan fingerprint density at radius 2 is 1.59 bits per heavy atom. The van der Waals surface area contributed by atoms with E-state index in [0.717, 1.165) is 9.80 Å². The third-order valence-corrected chi connectivity index (χ3v) is 6.85. The Labute approximate surface area is 187 Å². The molecule has 0 aromatic carbocycles.